The Bertz CT molecular complexity index is 1140. The zero-order valence-corrected chi connectivity index (χ0v) is 20.0. The van der Waals surface area contributed by atoms with E-state index in [9.17, 15) is 4.79 Å². The van der Waals surface area contributed by atoms with E-state index in [1.807, 2.05) is 29.3 Å². The molecule has 4 heteroatoms. The summed E-state index contributed by atoms with van der Waals surface area (Å²) in [6, 6.07) is 31.9. The van der Waals surface area contributed by atoms with Gasteiger partial charge in [-0.05, 0) is 36.4 Å². The van der Waals surface area contributed by atoms with Crippen LogP contribution in [0.3, 0.4) is 0 Å². The highest BCUT2D eigenvalue weighted by molar-refractivity contribution is 5.76. The summed E-state index contributed by atoms with van der Waals surface area (Å²) in [6.45, 7) is 1.64. The van der Waals surface area contributed by atoms with E-state index in [1.54, 1.807) is 6.92 Å². The Kier molecular flexibility index (Phi) is 6.18. The number of amides is 1. The Balaban J connectivity index is 1.54. The van der Waals surface area contributed by atoms with E-state index in [0.29, 0.717) is 0 Å². The third-order valence-electron chi connectivity index (χ3n) is 7.09. The molecular weight excluding hydrogens is 418 g/mol. The lowest BCUT2D eigenvalue weighted by Crippen LogP contribution is -2.39. The van der Waals surface area contributed by atoms with Crippen molar-refractivity contribution in [2.45, 2.75) is 31.2 Å². The summed E-state index contributed by atoms with van der Waals surface area (Å²) < 4.78 is 0. The normalized spacial score (nSPS) is 23.8. The van der Waals surface area contributed by atoms with Gasteiger partial charge in [0, 0.05) is 13.1 Å². The van der Waals surface area contributed by atoms with Crippen molar-refractivity contribution < 1.29 is 4.79 Å². The highest BCUT2D eigenvalue weighted by atomic mass is 16.2. The molecule has 34 heavy (non-hydrogen) atoms. The van der Waals surface area contributed by atoms with Crippen LogP contribution < -0.4 is 0 Å². The summed E-state index contributed by atoms with van der Waals surface area (Å²) >= 11 is 0. The van der Waals surface area contributed by atoms with Gasteiger partial charge in [-0.15, -0.1) is 0 Å². The maximum atomic E-state index is 12.7. The molecule has 0 bridgehead atoms. The zero-order chi connectivity index (χ0) is 23.7. The maximum absolute atomic E-state index is 12.7. The van der Waals surface area contributed by atoms with Gasteiger partial charge in [-0.2, -0.15) is 0 Å². The highest BCUT2D eigenvalue weighted by Gasteiger charge is 2.46. The van der Waals surface area contributed by atoms with Gasteiger partial charge in [0.15, 0.2) is 0 Å². The summed E-state index contributed by atoms with van der Waals surface area (Å²) in [4.78, 5) is 19.4. The third-order valence-corrected chi connectivity index (χ3v) is 7.09. The molecule has 0 radical (unpaired) electrons. The minimum absolute atomic E-state index is 0.0326. The van der Waals surface area contributed by atoms with Crippen LogP contribution in [-0.4, -0.2) is 40.9 Å². The van der Waals surface area contributed by atoms with Crippen LogP contribution in [0.1, 0.15) is 41.7 Å². The molecule has 3 aromatic carbocycles. The molecule has 2 aliphatic heterocycles. The second kappa shape index (κ2) is 9.41. The quantitative estimate of drug-likeness (QED) is 0.510. The van der Waals surface area contributed by atoms with Crippen LogP contribution in [0.25, 0.3) is 0 Å². The summed E-state index contributed by atoms with van der Waals surface area (Å²) in [6.07, 6.45) is 6.43. The van der Waals surface area contributed by atoms with Gasteiger partial charge in [0.05, 0.1) is 24.3 Å². The first-order valence-corrected chi connectivity index (χ1v) is 11.8. The molecule has 5 rings (SSSR count). The van der Waals surface area contributed by atoms with Crippen molar-refractivity contribution in [3.8, 4) is 0 Å². The van der Waals surface area contributed by atoms with E-state index in [0.717, 1.165) is 11.1 Å². The van der Waals surface area contributed by atoms with Crippen molar-refractivity contribution in [1.82, 2.24) is 14.7 Å². The minimum Gasteiger partial charge on any atom is -0.308 e. The number of hydrogen-bond acceptors (Lipinski definition) is 3. The molecule has 2 heterocycles. The molecule has 1 amide bonds. The number of hydrogen-bond donors (Lipinski definition) is 0. The summed E-state index contributed by atoms with van der Waals surface area (Å²) in [7, 11) is 4.38. The van der Waals surface area contributed by atoms with Crippen LogP contribution in [0.5, 0.6) is 0 Å². The fourth-order valence-corrected chi connectivity index (χ4v) is 5.58. The molecule has 0 spiro atoms. The lowest BCUT2D eigenvalue weighted by molar-refractivity contribution is -0.127. The summed E-state index contributed by atoms with van der Waals surface area (Å²) in [5.41, 5.74) is 4.81. The van der Waals surface area contributed by atoms with Crippen molar-refractivity contribution in [3.63, 3.8) is 0 Å². The van der Waals surface area contributed by atoms with Gasteiger partial charge in [0.2, 0.25) is 5.91 Å². The van der Waals surface area contributed by atoms with Crippen LogP contribution in [0.15, 0.2) is 115 Å². The maximum Gasteiger partial charge on any atom is 0.224 e. The molecule has 1 saturated heterocycles. The first-order valence-electron chi connectivity index (χ1n) is 11.8. The zero-order valence-electron chi connectivity index (χ0n) is 20.0. The van der Waals surface area contributed by atoms with Crippen LogP contribution in [0.4, 0.5) is 0 Å². The van der Waals surface area contributed by atoms with Gasteiger partial charge in [-0.3, -0.25) is 14.6 Å². The minimum atomic E-state index is -0.0886. The summed E-state index contributed by atoms with van der Waals surface area (Å²) in [5.74, 6) is 0.0400. The Morgan fingerprint density at radius 3 is 1.56 bits per heavy atom. The third kappa shape index (κ3) is 4.00. The van der Waals surface area contributed by atoms with E-state index < -0.39 is 0 Å². The number of likely N-dealkylation sites (N-methyl/N-ethyl adjacent to an activating group) is 2. The second-order valence-electron chi connectivity index (χ2n) is 9.19. The molecule has 0 aromatic heterocycles. The molecule has 3 atom stereocenters. The van der Waals surface area contributed by atoms with E-state index in [4.69, 9.17) is 0 Å². The van der Waals surface area contributed by atoms with Crippen molar-refractivity contribution in [1.29, 1.82) is 0 Å². The number of benzene rings is 3. The van der Waals surface area contributed by atoms with E-state index in [1.165, 1.54) is 11.1 Å². The number of rotatable bonds is 4. The fourth-order valence-electron chi connectivity index (χ4n) is 5.58. The first-order chi connectivity index (χ1) is 16.6. The van der Waals surface area contributed by atoms with E-state index in [2.05, 4.69) is 109 Å². The van der Waals surface area contributed by atoms with E-state index >= 15 is 0 Å². The Labute approximate surface area is 202 Å². The molecular formula is C30H31N3O. The van der Waals surface area contributed by atoms with Crippen molar-refractivity contribution >= 4 is 5.91 Å². The predicted octanol–water partition coefficient (Wildman–Crippen LogP) is 5.72. The average molecular weight is 450 g/mol. The molecule has 1 unspecified atom stereocenters. The molecule has 3 aromatic rings. The monoisotopic (exact) mass is 449 g/mol. The number of nitrogens with zero attached hydrogens (tertiary/aromatic N) is 3. The molecule has 0 N–H and O–H groups in total. The van der Waals surface area contributed by atoms with Gasteiger partial charge in [0.25, 0.3) is 0 Å². The van der Waals surface area contributed by atoms with Gasteiger partial charge in [-0.25, -0.2) is 0 Å². The summed E-state index contributed by atoms with van der Waals surface area (Å²) in [5, 5.41) is 0. The van der Waals surface area contributed by atoms with Gasteiger partial charge in [0.1, 0.15) is 0 Å². The smallest absolute Gasteiger partial charge is 0.224 e. The number of carbonyl (C=O) groups is 1. The van der Waals surface area contributed by atoms with Crippen molar-refractivity contribution in [3.05, 3.63) is 132 Å². The van der Waals surface area contributed by atoms with Gasteiger partial charge < -0.3 is 4.90 Å². The molecule has 0 saturated carbocycles. The topological polar surface area (TPSA) is 26.8 Å². The number of carbonyl (C=O) groups excluding carboxylic acids is 1. The Morgan fingerprint density at radius 1 is 0.676 bits per heavy atom. The van der Waals surface area contributed by atoms with Crippen molar-refractivity contribution in [2.24, 2.45) is 0 Å². The molecule has 1 fully saturated rings. The standard InChI is InChI=1S/C30H31N3O/c1-22(34)33-21-26(19-20-27(33)23-13-7-4-8-14-23)30-31(2)28(24-15-9-5-10-16-24)29(32(30)3)25-17-11-6-12-18-25/h4-21,27-30H,1-3H3/t27?,28-,29-/m0/s1. The lowest BCUT2D eigenvalue weighted by Gasteiger charge is -2.35. The second-order valence-corrected chi connectivity index (χ2v) is 9.19. The largest absolute Gasteiger partial charge is 0.308 e. The Morgan fingerprint density at radius 2 is 1.12 bits per heavy atom. The van der Waals surface area contributed by atoms with Crippen LogP contribution in [0, 0.1) is 0 Å². The Hall–Kier alpha value is -3.47. The molecule has 2 aliphatic rings. The SMILES string of the molecule is CC(=O)N1C=C(C2N(C)[C@@H](c3ccccc3)[C@H](c3ccccc3)N2C)C=CC1c1ccccc1. The molecule has 4 nitrogen and oxygen atoms in total. The van der Waals surface area contributed by atoms with Gasteiger partial charge >= 0.3 is 0 Å². The lowest BCUT2D eigenvalue weighted by atomic mass is 9.93. The van der Waals surface area contributed by atoms with Crippen LogP contribution >= 0.6 is 0 Å². The highest BCUT2D eigenvalue weighted by Crippen LogP contribution is 2.47. The van der Waals surface area contributed by atoms with Crippen molar-refractivity contribution in [2.75, 3.05) is 14.1 Å². The molecule has 172 valence electrons. The first kappa shape index (κ1) is 22.3. The van der Waals surface area contributed by atoms with Gasteiger partial charge in [-0.1, -0.05) is 103 Å². The average Bonchev–Trinajstić information content (AvgIpc) is 3.15. The van der Waals surface area contributed by atoms with E-state index in [-0.39, 0.29) is 30.2 Å². The van der Waals surface area contributed by atoms with Crippen LogP contribution in [0.2, 0.25) is 0 Å². The molecule has 0 aliphatic carbocycles. The predicted molar refractivity (Wildman–Crippen MR) is 137 cm³/mol. The van der Waals surface area contributed by atoms with Crippen LogP contribution in [-0.2, 0) is 4.79 Å². The fraction of sp³-hybridized carbons (Fsp3) is 0.233.